The molecule has 0 radical (unpaired) electrons. The van der Waals surface area contributed by atoms with Crippen molar-refractivity contribution in [2.75, 3.05) is 26.9 Å². The number of ether oxygens (including phenoxy) is 3. The van der Waals surface area contributed by atoms with E-state index >= 15 is 0 Å². The number of carbonyl (C=O) groups excluding carboxylic acids is 2. The van der Waals surface area contributed by atoms with Crippen LogP contribution >= 0.6 is 34.4 Å². The Morgan fingerprint density at radius 2 is 1.84 bits per heavy atom. The molecule has 3 rings (SSSR count). The summed E-state index contributed by atoms with van der Waals surface area (Å²) in [6, 6.07) is 9.67. The lowest BCUT2D eigenvalue weighted by Crippen LogP contribution is -2.32. The number of hydrogen-bond donors (Lipinski definition) is 0. The third-order valence-corrected chi connectivity index (χ3v) is 6.50. The first-order valence-electron chi connectivity index (χ1n) is 10.3. The minimum absolute atomic E-state index is 0.194. The zero-order valence-electron chi connectivity index (χ0n) is 18.6. The molecule has 170 valence electrons. The van der Waals surface area contributed by atoms with E-state index in [9.17, 15) is 9.59 Å². The minimum Gasteiger partial charge on any atom is -0.493 e. The van der Waals surface area contributed by atoms with Gasteiger partial charge in [0.15, 0.2) is 11.5 Å². The van der Waals surface area contributed by atoms with E-state index in [1.165, 1.54) is 4.90 Å². The summed E-state index contributed by atoms with van der Waals surface area (Å²) in [5, 5.41) is -0.296. The van der Waals surface area contributed by atoms with Crippen molar-refractivity contribution in [3.05, 3.63) is 55.5 Å². The van der Waals surface area contributed by atoms with Crippen LogP contribution in [0.1, 0.15) is 30.0 Å². The molecule has 1 fully saturated rings. The highest BCUT2D eigenvalue weighted by Crippen LogP contribution is 2.37. The Balaban J connectivity index is 1.71. The molecule has 0 spiro atoms. The molecule has 0 N–H and O–H groups in total. The molecule has 0 atom stereocenters. The summed E-state index contributed by atoms with van der Waals surface area (Å²) in [4.78, 5) is 26.9. The van der Waals surface area contributed by atoms with Gasteiger partial charge in [-0.05, 0) is 95.6 Å². The lowest BCUT2D eigenvalue weighted by molar-refractivity contribution is -0.123. The lowest BCUT2D eigenvalue weighted by atomic mass is 10.1. The average Bonchev–Trinajstić information content (AvgIpc) is 3.02. The standard InChI is InChI=1S/C24H26INO5S/c1-5-9-31-22-18(25)12-17(13-20(22)29-4)14-21-23(27)26(24(28)32-21)8-10-30-19-11-15(2)6-7-16(19)3/h6-7,11-14H,5,8-10H2,1-4H3/b21-14-. The summed E-state index contributed by atoms with van der Waals surface area (Å²) in [5.41, 5.74) is 2.88. The van der Waals surface area contributed by atoms with E-state index < -0.39 is 0 Å². The van der Waals surface area contributed by atoms with E-state index in [0.29, 0.717) is 23.0 Å². The van der Waals surface area contributed by atoms with Crippen LogP contribution in [0.2, 0.25) is 0 Å². The van der Waals surface area contributed by atoms with Crippen molar-refractivity contribution >= 4 is 51.6 Å². The second-order valence-electron chi connectivity index (χ2n) is 7.33. The Bertz CT molecular complexity index is 1050. The largest absolute Gasteiger partial charge is 0.493 e. The third kappa shape index (κ3) is 5.78. The van der Waals surface area contributed by atoms with Gasteiger partial charge in [0.05, 0.1) is 28.7 Å². The van der Waals surface area contributed by atoms with Gasteiger partial charge in [-0.15, -0.1) is 0 Å². The van der Waals surface area contributed by atoms with Crippen LogP contribution in [0.5, 0.6) is 17.2 Å². The number of benzene rings is 2. The van der Waals surface area contributed by atoms with Crippen LogP contribution in [0.25, 0.3) is 6.08 Å². The Morgan fingerprint density at radius 3 is 2.56 bits per heavy atom. The fourth-order valence-electron chi connectivity index (χ4n) is 3.12. The average molecular weight is 567 g/mol. The first-order valence-corrected chi connectivity index (χ1v) is 12.2. The molecule has 2 aromatic carbocycles. The first-order chi connectivity index (χ1) is 15.3. The predicted molar refractivity (Wildman–Crippen MR) is 136 cm³/mol. The molecule has 6 nitrogen and oxygen atoms in total. The van der Waals surface area contributed by atoms with Crippen molar-refractivity contribution in [3.8, 4) is 17.2 Å². The molecule has 1 aliphatic heterocycles. The van der Waals surface area contributed by atoms with E-state index in [4.69, 9.17) is 14.2 Å². The van der Waals surface area contributed by atoms with Crippen molar-refractivity contribution in [2.24, 2.45) is 0 Å². The quantitative estimate of drug-likeness (QED) is 0.281. The van der Waals surface area contributed by atoms with Gasteiger partial charge in [0, 0.05) is 0 Å². The Morgan fingerprint density at radius 1 is 1.06 bits per heavy atom. The SMILES string of the molecule is CCCOc1c(I)cc(/C=C2\SC(=O)N(CCOc3cc(C)ccc3C)C2=O)cc1OC. The Hall–Kier alpha value is -2.20. The van der Waals surface area contributed by atoms with Crippen molar-refractivity contribution < 1.29 is 23.8 Å². The van der Waals surface area contributed by atoms with E-state index in [1.807, 2.05) is 51.1 Å². The fraction of sp³-hybridized carbons (Fsp3) is 0.333. The highest BCUT2D eigenvalue weighted by atomic mass is 127. The number of halogens is 1. The maximum atomic E-state index is 12.8. The van der Waals surface area contributed by atoms with Gasteiger partial charge in [-0.1, -0.05) is 19.1 Å². The van der Waals surface area contributed by atoms with Gasteiger partial charge in [-0.3, -0.25) is 14.5 Å². The molecule has 2 amide bonds. The van der Waals surface area contributed by atoms with E-state index in [1.54, 1.807) is 13.2 Å². The molecule has 1 saturated heterocycles. The van der Waals surface area contributed by atoms with Crippen molar-refractivity contribution in [2.45, 2.75) is 27.2 Å². The molecule has 1 aliphatic rings. The number of methoxy groups -OCH3 is 1. The fourth-order valence-corrected chi connectivity index (χ4v) is 4.77. The zero-order valence-corrected chi connectivity index (χ0v) is 21.5. The Labute approximate surface area is 206 Å². The monoisotopic (exact) mass is 567 g/mol. The molecular formula is C24H26INO5S. The van der Waals surface area contributed by atoms with Crippen LogP contribution in [-0.4, -0.2) is 42.9 Å². The number of hydrogen-bond acceptors (Lipinski definition) is 6. The van der Waals surface area contributed by atoms with Crippen LogP contribution < -0.4 is 14.2 Å². The molecule has 1 heterocycles. The number of thioether (sulfide) groups is 1. The van der Waals surface area contributed by atoms with Crippen molar-refractivity contribution in [3.63, 3.8) is 0 Å². The number of nitrogens with zero attached hydrogens (tertiary/aromatic N) is 1. The van der Waals surface area contributed by atoms with Crippen LogP contribution in [0.3, 0.4) is 0 Å². The molecule has 2 aromatic rings. The predicted octanol–water partition coefficient (Wildman–Crippen LogP) is 5.82. The van der Waals surface area contributed by atoms with Crippen LogP contribution in [0.4, 0.5) is 4.79 Å². The second kappa shape index (κ2) is 11.1. The summed E-state index contributed by atoms with van der Waals surface area (Å²) in [6.45, 7) is 7.02. The summed E-state index contributed by atoms with van der Waals surface area (Å²) in [6.07, 6.45) is 2.60. The van der Waals surface area contributed by atoms with Crippen molar-refractivity contribution in [1.29, 1.82) is 0 Å². The summed E-state index contributed by atoms with van der Waals surface area (Å²) >= 11 is 3.12. The summed E-state index contributed by atoms with van der Waals surface area (Å²) in [5.74, 6) is 1.73. The summed E-state index contributed by atoms with van der Waals surface area (Å²) < 4.78 is 17.9. The normalized spacial score (nSPS) is 14.9. The second-order valence-corrected chi connectivity index (χ2v) is 9.49. The molecule has 0 aromatic heterocycles. The molecule has 0 saturated carbocycles. The number of imide groups is 1. The number of amides is 2. The molecular weight excluding hydrogens is 541 g/mol. The smallest absolute Gasteiger partial charge is 0.293 e. The van der Waals surface area contributed by atoms with Gasteiger partial charge in [-0.25, -0.2) is 0 Å². The molecule has 0 bridgehead atoms. The van der Waals surface area contributed by atoms with Crippen LogP contribution in [0.15, 0.2) is 35.2 Å². The highest BCUT2D eigenvalue weighted by Gasteiger charge is 2.35. The van der Waals surface area contributed by atoms with Crippen LogP contribution in [0, 0.1) is 17.4 Å². The molecule has 0 aliphatic carbocycles. The maximum Gasteiger partial charge on any atom is 0.293 e. The first kappa shape index (κ1) is 24.4. The molecule has 0 unspecified atom stereocenters. The highest BCUT2D eigenvalue weighted by molar-refractivity contribution is 14.1. The van der Waals surface area contributed by atoms with Gasteiger partial charge in [0.2, 0.25) is 0 Å². The van der Waals surface area contributed by atoms with Crippen molar-refractivity contribution in [1.82, 2.24) is 4.90 Å². The van der Waals surface area contributed by atoms with Gasteiger partial charge < -0.3 is 14.2 Å². The lowest BCUT2D eigenvalue weighted by Gasteiger charge is -2.15. The molecule has 8 heteroatoms. The van der Waals surface area contributed by atoms with E-state index in [-0.39, 0.29) is 24.3 Å². The van der Waals surface area contributed by atoms with Crippen LogP contribution in [-0.2, 0) is 4.79 Å². The maximum absolute atomic E-state index is 12.8. The third-order valence-electron chi connectivity index (χ3n) is 4.79. The zero-order chi connectivity index (χ0) is 23.3. The molecule has 32 heavy (non-hydrogen) atoms. The van der Waals surface area contributed by atoms with Gasteiger partial charge in [0.25, 0.3) is 11.1 Å². The topological polar surface area (TPSA) is 65.1 Å². The number of rotatable bonds is 9. The van der Waals surface area contributed by atoms with Gasteiger partial charge in [-0.2, -0.15) is 0 Å². The van der Waals surface area contributed by atoms with E-state index in [0.717, 1.165) is 44.2 Å². The summed E-state index contributed by atoms with van der Waals surface area (Å²) in [7, 11) is 1.58. The minimum atomic E-state index is -0.315. The number of aryl methyl sites for hydroxylation is 2. The van der Waals surface area contributed by atoms with E-state index in [2.05, 4.69) is 22.6 Å². The Kier molecular flexibility index (Phi) is 8.47. The number of carbonyl (C=O) groups is 2. The van der Waals surface area contributed by atoms with Gasteiger partial charge in [0.1, 0.15) is 12.4 Å². The van der Waals surface area contributed by atoms with Gasteiger partial charge >= 0.3 is 0 Å².